The first kappa shape index (κ1) is 15.9. The molecule has 0 bridgehead atoms. The van der Waals surface area contributed by atoms with Crippen molar-refractivity contribution in [3.8, 4) is 0 Å². The summed E-state index contributed by atoms with van der Waals surface area (Å²) in [5, 5.41) is 2.73. The van der Waals surface area contributed by atoms with Crippen LogP contribution in [-0.2, 0) is 16.6 Å². The summed E-state index contributed by atoms with van der Waals surface area (Å²) in [5.74, 6) is -1.07. The van der Waals surface area contributed by atoms with E-state index in [0.29, 0.717) is 5.56 Å². The molecule has 120 valence electrons. The van der Waals surface area contributed by atoms with Crippen molar-refractivity contribution in [2.45, 2.75) is 11.4 Å². The Balaban J connectivity index is 1.95. The van der Waals surface area contributed by atoms with Gasteiger partial charge < -0.3 is 5.32 Å². The van der Waals surface area contributed by atoms with Gasteiger partial charge >= 0.3 is 0 Å². The number of aliphatic imine (C=N–C) groups is 1. The molecule has 0 saturated carbocycles. The molecule has 0 aromatic heterocycles. The number of anilines is 1. The minimum atomic E-state index is -3.86. The number of halogens is 3. The summed E-state index contributed by atoms with van der Waals surface area (Å²) in [4.78, 5) is 3.98. The summed E-state index contributed by atoms with van der Waals surface area (Å²) in [5.41, 5.74) is 0.643. The number of hydrogen-bond donors (Lipinski definition) is 2. The van der Waals surface area contributed by atoms with E-state index in [-0.39, 0.29) is 27.6 Å². The van der Waals surface area contributed by atoms with Crippen LogP contribution in [0.1, 0.15) is 5.56 Å². The molecule has 0 atom stereocenters. The molecular weight excluding hydrogens is 392 g/mol. The highest BCUT2D eigenvalue weighted by atomic mass is 79.9. The highest BCUT2D eigenvalue weighted by Crippen LogP contribution is 2.34. The lowest BCUT2D eigenvalue weighted by atomic mass is 10.2. The van der Waals surface area contributed by atoms with Gasteiger partial charge in [0.1, 0.15) is 16.5 Å². The molecule has 1 aliphatic heterocycles. The van der Waals surface area contributed by atoms with Crippen LogP contribution in [0.5, 0.6) is 0 Å². The molecule has 0 fully saturated rings. The SMILES string of the molecule is O=S1(=O)NC(=NCc2cccc(F)c2)Nc2c1ccc(F)c2Br. The summed E-state index contributed by atoms with van der Waals surface area (Å²) >= 11 is 3.02. The van der Waals surface area contributed by atoms with Crippen molar-refractivity contribution < 1.29 is 17.2 Å². The molecule has 1 aliphatic rings. The Hall–Kier alpha value is -2.00. The van der Waals surface area contributed by atoms with E-state index in [1.54, 1.807) is 6.07 Å². The van der Waals surface area contributed by atoms with Gasteiger partial charge in [-0.05, 0) is 45.8 Å². The van der Waals surface area contributed by atoms with E-state index >= 15 is 0 Å². The van der Waals surface area contributed by atoms with E-state index in [9.17, 15) is 17.2 Å². The molecule has 0 spiro atoms. The quantitative estimate of drug-likeness (QED) is 0.812. The van der Waals surface area contributed by atoms with Crippen LogP contribution >= 0.6 is 15.9 Å². The lowest BCUT2D eigenvalue weighted by molar-refractivity contribution is 0.589. The maximum atomic E-state index is 13.6. The molecule has 0 saturated heterocycles. The van der Waals surface area contributed by atoms with Gasteiger partial charge in [-0.1, -0.05) is 12.1 Å². The van der Waals surface area contributed by atoms with E-state index < -0.39 is 21.7 Å². The van der Waals surface area contributed by atoms with Crippen molar-refractivity contribution in [1.29, 1.82) is 0 Å². The Morgan fingerprint density at radius 2 is 1.96 bits per heavy atom. The molecule has 0 unspecified atom stereocenters. The molecule has 0 aliphatic carbocycles. The van der Waals surface area contributed by atoms with Crippen molar-refractivity contribution in [2.75, 3.05) is 5.32 Å². The maximum Gasteiger partial charge on any atom is 0.266 e. The summed E-state index contributed by atoms with van der Waals surface area (Å²) in [6, 6.07) is 8.00. The average Bonchev–Trinajstić information content (AvgIpc) is 2.49. The summed E-state index contributed by atoms with van der Waals surface area (Å²) in [6.07, 6.45) is 0. The molecule has 5 nitrogen and oxygen atoms in total. The normalized spacial score (nSPS) is 17.3. The predicted molar refractivity (Wildman–Crippen MR) is 85.6 cm³/mol. The third-order valence-corrected chi connectivity index (χ3v) is 5.29. The number of fused-ring (bicyclic) bond motifs is 1. The van der Waals surface area contributed by atoms with Gasteiger partial charge in [0.05, 0.1) is 16.7 Å². The predicted octanol–water partition coefficient (Wildman–Crippen LogP) is 2.99. The Morgan fingerprint density at radius 3 is 2.70 bits per heavy atom. The fourth-order valence-corrected chi connectivity index (χ4v) is 3.80. The highest BCUT2D eigenvalue weighted by Gasteiger charge is 2.29. The molecule has 2 aromatic carbocycles. The van der Waals surface area contributed by atoms with Gasteiger partial charge in [0.2, 0.25) is 5.96 Å². The summed E-state index contributed by atoms with van der Waals surface area (Å²) in [7, 11) is -3.86. The highest BCUT2D eigenvalue weighted by molar-refractivity contribution is 9.10. The molecule has 3 rings (SSSR count). The Morgan fingerprint density at radius 1 is 1.17 bits per heavy atom. The fraction of sp³-hybridized carbons (Fsp3) is 0.0714. The van der Waals surface area contributed by atoms with Crippen LogP contribution in [0, 0.1) is 11.6 Å². The largest absolute Gasteiger partial charge is 0.323 e. The van der Waals surface area contributed by atoms with Crippen molar-refractivity contribution in [2.24, 2.45) is 4.99 Å². The number of rotatable bonds is 2. The van der Waals surface area contributed by atoms with Crippen molar-refractivity contribution in [3.63, 3.8) is 0 Å². The fourth-order valence-electron chi connectivity index (χ4n) is 2.08. The molecule has 2 aromatic rings. The minimum absolute atomic E-state index is 0.00136. The topological polar surface area (TPSA) is 70.6 Å². The summed E-state index contributed by atoms with van der Waals surface area (Å²) < 4.78 is 53.3. The van der Waals surface area contributed by atoms with Crippen LogP contribution in [-0.4, -0.2) is 14.4 Å². The minimum Gasteiger partial charge on any atom is -0.323 e. The van der Waals surface area contributed by atoms with Crippen LogP contribution in [0.25, 0.3) is 0 Å². The molecule has 0 amide bonds. The maximum absolute atomic E-state index is 13.6. The molecular formula is C14H10BrF2N3O2S. The molecule has 23 heavy (non-hydrogen) atoms. The zero-order valence-electron chi connectivity index (χ0n) is 11.5. The molecule has 9 heteroatoms. The van der Waals surface area contributed by atoms with Crippen molar-refractivity contribution >= 4 is 37.6 Å². The first-order valence-electron chi connectivity index (χ1n) is 6.43. The monoisotopic (exact) mass is 401 g/mol. The standard InChI is InChI=1S/C14H10BrF2N3O2S/c15-12-10(17)4-5-11-13(12)19-14(20-23(11,21)22)18-7-8-2-1-3-9(16)6-8/h1-6H,7H2,(H2,18,19,20). The van der Waals surface area contributed by atoms with E-state index in [1.807, 2.05) is 0 Å². The van der Waals surface area contributed by atoms with Gasteiger partial charge in [-0.3, -0.25) is 0 Å². The van der Waals surface area contributed by atoms with Crippen LogP contribution in [0.4, 0.5) is 14.5 Å². The van der Waals surface area contributed by atoms with Crippen molar-refractivity contribution in [3.05, 3.63) is 58.1 Å². The van der Waals surface area contributed by atoms with Gasteiger partial charge in [-0.25, -0.2) is 26.9 Å². The first-order chi connectivity index (χ1) is 10.9. The second kappa shape index (κ2) is 5.89. The Bertz CT molecular complexity index is 916. The second-order valence-corrected chi connectivity index (χ2v) is 7.20. The number of sulfonamides is 1. The Kier molecular flexibility index (Phi) is 4.07. The number of benzene rings is 2. The third-order valence-electron chi connectivity index (χ3n) is 3.13. The Labute approximate surface area is 139 Å². The van der Waals surface area contributed by atoms with E-state index in [1.165, 1.54) is 18.2 Å². The van der Waals surface area contributed by atoms with Gasteiger partial charge in [-0.2, -0.15) is 0 Å². The third kappa shape index (κ3) is 3.20. The summed E-state index contributed by atoms with van der Waals surface area (Å²) in [6.45, 7) is 0.0604. The van der Waals surface area contributed by atoms with Gasteiger partial charge in [0.25, 0.3) is 10.0 Å². The van der Waals surface area contributed by atoms with E-state index in [4.69, 9.17) is 0 Å². The van der Waals surface area contributed by atoms with Gasteiger partial charge in [-0.15, -0.1) is 0 Å². The average molecular weight is 402 g/mol. The number of nitrogens with one attached hydrogen (secondary N) is 2. The zero-order chi connectivity index (χ0) is 16.6. The molecule has 0 radical (unpaired) electrons. The number of guanidine groups is 1. The van der Waals surface area contributed by atoms with Gasteiger partial charge in [0.15, 0.2) is 0 Å². The zero-order valence-corrected chi connectivity index (χ0v) is 13.9. The number of nitrogens with zero attached hydrogens (tertiary/aromatic N) is 1. The lowest BCUT2D eigenvalue weighted by Gasteiger charge is -2.22. The van der Waals surface area contributed by atoms with Crippen molar-refractivity contribution in [1.82, 2.24) is 4.72 Å². The smallest absolute Gasteiger partial charge is 0.266 e. The lowest BCUT2D eigenvalue weighted by Crippen LogP contribution is -2.41. The second-order valence-electron chi connectivity index (χ2n) is 4.76. The van der Waals surface area contributed by atoms with E-state index in [2.05, 4.69) is 31.0 Å². The van der Waals surface area contributed by atoms with Crippen LogP contribution in [0.15, 0.2) is 50.8 Å². The molecule has 1 heterocycles. The van der Waals surface area contributed by atoms with E-state index in [0.717, 1.165) is 12.1 Å². The number of hydrogen-bond acceptors (Lipinski definition) is 3. The van der Waals surface area contributed by atoms with Crippen LogP contribution < -0.4 is 10.0 Å². The van der Waals surface area contributed by atoms with Crippen LogP contribution in [0.3, 0.4) is 0 Å². The van der Waals surface area contributed by atoms with Crippen LogP contribution in [0.2, 0.25) is 0 Å². The molecule has 2 N–H and O–H groups in total. The van der Waals surface area contributed by atoms with Gasteiger partial charge in [0, 0.05) is 0 Å². The first-order valence-corrected chi connectivity index (χ1v) is 8.71.